The van der Waals surface area contributed by atoms with E-state index in [0.29, 0.717) is 29.9 Å². The molecule has 2 N–H and O–H groups in total. The van der Waals surface area contributed by atoms with Gasteiger partial charge >= 0.3 is 6.03 Å². The van der Waals surface area contributed by atoms with Crippen molar-refractivity contribution in [2.75, 3.05) is 39.8 Å². The van der Waals surface area contributed by atoms with Crippen LogP contribution in [0.25, 0.3) is 0 Å². The quantitative estimate of drug-likeness (QED) is 0.613. The minimum atomic E-state index is -0.342. The summed E-state index contributed by atoms with van der Waals surface area (Å²) in [6.07, 6.45) is 5.53. The summed E-state index contributed by atoms with van der Waals surface area (Å²) >= 11 is 0. The molecule has 0 spiro atoms. The van der Waals surface area contributed by atoms with E-state index in [1.54, 1.807) is 0 Å². The Kier molecular flexibility index (Phi) is 7.98. The first-order chi connectivity index (χ1) is 17.0. The maximum Gasteiger partial charge on any atom is 0.317 e. The molecule has 6 nitrogen and oxygen atoms in total. The summed E-state index contributed by atoms with van der Waals surface area (Å²) in [5.41, 5.74) is 0.879. The monoisotopic (exact) mass is 500 g/mol. The zero-order valence-electron chi connectivity index (χ0n) is 22.8. The van der Waals surface area contributed by atoms with Gasteiger partial charge in [-0.15, -0.1) is 0 Å². The lowest BCUT2D eigenvalue weighted by molar-refractivity contribution is -0.106. The van der Waals surface area contributed by atoms with Crippen molar-refractivity contribution in [2.24, 2.45) is 28.6 Å². The summed E-state index contributed by atoms with van der Waals surface area (Å²) in [4.78, 5) is 30.1. The van der Waals surface area contributed by atoms with Gasteiger partial charge in [-0.1, -0.05) is 34.1 Å². The molecule has 200 valence electrons. The molecular formula is C29H45FN4O2. The van der Waals surface area contributed by atoms with Gasteiger partial charge in [-0.05, 0) is 85.6 Å². The molecule has 0 bridgehead atoms. The van der Waals surface area contributed by atoms with Crippen LogP contribution in [0.5, 0.6) is 0 Å². The number of rotatable bonds is 5. The lowest BCUT2D eigenvalue weighted by atomic mass is 9.45. The molecule has 4 rings (SSSR count). The molecule has 1 aromatic rings. The first-order valence-electron chi connectivity index (χ1n) is 13.8. The van der Waals surface area contributed by atoms with E-state index in [-0.39, 0.29) is 34.6 Å². The third-order valence-corrected chi connectivity index (χ3v) is 9.83. The number of nitrogens with one attached hydrogen (secondary N) is 2. The number of piperazine rings is 1. The molecule has 1 saturated heterocycles. The summed E-state index contributed by atoms with van der Waals surface area (Å²) in [6, 6.07) is 5.90. The highest BCUT2D eigenvalue weighted by molar-refractivity contribution is 5.94. The summed E-state index contributed by atoms with van der Waals surface area (Å²) in [6.45, 7) is 13.5. The summed E-state index contributed by atoms with van der Waals surface area (Å²) in [7, 11) is 2.10. The zero-order valence-corrected chi connectivity index (χ0v) is 22.8. The van der Waals surface area contributed by atoms with Gasteiger partial charge < -0.3 is 20.4 Å². The Labute approximate surface area is 216 Å². The van der Waals surface area contributed by atoms with Gasteiger partial charge in [-0.2, -0.15) is 0 Å². The van der Waals surface area contributed by atoms with Crippen LogP contribution in [-0.4, -0.2) is 67.6 Å². The van der Waals surface area contributed by atoms with E-state index >= 15 is 0 Å². The minimum Gasteiger partial charge on any atom is -0.352 e. The van der Waals surface area contributed by atoms with Crippen molar-refractivity contribution in [1.29, 1.82) is 0 Å². The number of likely N-dealkylation sites (N-methyl/N-ethyl adjacent to an activating group) is 1. The molecular weight excluding hydrogens is 455 g/mol. The SMILES string of the molecule is C[C@@H]1[C@H](NC(=O)N2CCN(C)CC2)CC2C(C)(C)CCC[C@]2(C)[C@H]1CCNC(=O)c1ccc(F)cc1. The fourth-order valence-corrected chi connectivity index (χ4v) is 7.63. The number of halogens is 1. The number of hydrogen-bond acceptors (Lipinski definition) is 3. The van der Waals surface area contributed by atoms with E-state index in [0.717, 1.165) is 39.0 Å². The smallest absolute Gasteiger partial charge is 0.317 e. The molecule has 1 unspecified atom stereocenters. The highest BCUT2D eigenvalue weighted by atomic mass is 19.1. The fraction of sp³-hybridized carbons (Fsp3) is 0.724. The fourth-order valence-electron chi connectivity index (χ4n) is 7.63. The van der Waals surface area contributed by atoms with Crippen molar-refractivity contribution in [1.82, 2.24) is 20.4 Å². The number of fused-ring (bicyclic) bond motifs is 1. The van der Waals surface area contributed by atoms with Gasteiger partial charge in [-0.3, -0.25) is 4.79 Å². The molecule has 3 fully saturated rings. The van der Waals surface area contributed by atoms with Gasteiger partial charge in [0.05, 0.1) is 0 Å². The van der Waals surface area contributed by atoms with Crippen LogP contribution in [0.15, 0.2) is 24.3 Å². The molecule has 1 aliphatic heterocycles. The molecule has 0 aromatic heterocycles. The Morgan fingerprint density at radius 1 is 1.06 bits per heavy atom. The molecule has 7 heteroatoms. The van der Waals surface area contributed by atoms with Crippen molar-refractivity contribution >= 4 is 11.9 Å². The number of nitrogens with zero attached hydrogens (tertiary/aromatic N) is 2. The second-order valence-electron chi connectivity index (χ2n) is 12.5. The van der Waals surface area contributed by atoms with Crippen molar-refractivity contribution in [3.05, 3.63) is 35.6 Å². The minimum absolute atomic E-state index is 0.0699. The summed E-state index contributed by atoms with van der Waals surface area (Å²) < 4.78 is 13.2. The Bertz CT molecular complexity index is 928. The van der Waals surface area contributed by atoms with Crippen molar-refractivity contribution in [3.8, 4) is 0 Å². The first kappa shape index (κ1) is 26.9. The van der Waals surface area contributed by atoms with Crippen LogP contribution in [-0.2, 0) is 0 Å². The van der Waals surface area contributed by atoms with E-state index in [1.807, 2.05) is 4.90 Å². The van der Waals surface area contributed by atoms with Crippen LogP contribution in [0, 0.1) is 34.4 Å². The van der Waals surface area contributed by atoms with Crippen molar-refractivity contribution < 1.29 is 14.0 Å². The van der Waals surface area contributed by atoms with Gasteiger partial charge in [0.15, 0.2) is 0 Å². The molecule has 1 aromatic carbocycles. The van der Waals surface area contributed by atoms with Gasteiger partial charge in [0.1, 0.15) is 5.82 Å². The molecule has 3 amide bonds. The molecule has 1 heterocycles. The van der Waals surface area contributed by atoms with E-state index in [1.165, 1.54) is 43.5 Å². The number of hydrogen-bond donors (Lipinski definition) is 2. The average molecular weight is 501 g/mol. The molecule has 2 aliphatic carbocycles. The van der Waals surface area contributed by atoms with E-state index in [4.69, 9.17) is 0 Å². The van der Waals surface area contributed by atoms with E-state index in [2.05, 4.69) is 50.3 Å². The highest BCUT2D eigenvalue weighted by Crippen LogP contribution is 2.61. The first-order valence-corrected chi connectivity index (χ1v) is 13.8. The van der Waals surface area contributed by atoms with Crippen molar-refractivity contribution in [3.63, 3.8) is 0 Å². The third kappa shape index (κ3) is 5.56. The Morgan fingerprint density at radius 3 is 2.39 bits per heavy atom. The number of carbonyl (C=O) groups excluding carboxylic acids is 2. The van der Waals surface area contributed by atoms with E-state index < -0.39 is 0 Å². The van der Waals surface area contributed by atoms with Crippen LogP contribution < -0.4 is 10.6 Å². The molecule has 3 aliphatic rings. The molecule has 2 saturated carbocycles. The number of benzene rings is 1. The second-order valence-corrected chi connectivity index (χ2v) is 12.5. The Hall–Kier alpha value is -2.15. The third-order valence-electron chi connectivity index (χ3n) is 9.83. The summed E-state index contributed by atoms with van der Waals surface area (Å²) in [5, 5.41) is 6.52. The lowest BCUT2D eigenvalue weighted by Crippen LogP contribution is -2.61. The summed E-state index contributed by atoms with van der Waals surface area (Å²) in [5.74, 6) is 0.724. The molecule has 5 atom stereocenters. The second kappa shape index (κ2) is 10.7. The topological polar surface area (TPSA) is 64.7 Å². The normalized spacial score (nSPS) is 32.4. The number of urea groups is 1. The van der Waals surface area contributed by atoms with Crippen LogP contribution in [0.4, 0.5) is 9.18 Å². The predicted octanol–water partition coefficient (Wildman–Crippen LogP) is 4.76. The highest BCUT2D eigenvalue weighted by Gasteiger charge is 2.56. The van der Waals surface area contributed by atoms with Gasteiger partial charge in [0.2, 0.25) is 0 Å². The molecule has 0 radical (unpaired) electrons. The largest absolute Gasteiger partial charge is 0.352 e. The van der Waals surface area contributed by atoms with Gasteiger partial charge in [0.25, 0.3) is 5.91 Å². The number of amides is 3. The van der Waals surface area contributed by atoms with Crippen molar-refractivity contribution in [2.45, 2.75) is 65.8 Å². The number of carbonyl (C=O) groups is 2. The van der Waals surface area contributed by atoms with Crippen LogP contribution in [0.2, 0.25) is 0 Å². The van der Waals surface area contributed by atoms with Gasteiger partial charge in [-0.25, -0.2) is 9.18 Å². The van der Waals surface area contributed by atoms with Crippen LogP contribution in [0.1, 0.15) is 70.2 Å². The Morgan fingerprint density at radius 2 is 1.72 bits per heavy atom. The standard InChI is InChI=1S/C29H45FN4O2/c1-20-23(11-14-31-26(35)21-7-9-22(30)10-8-21)29(4)13-6-12-28(2,3)25(29)19-24(20)32-27(36)34-17-15-33(5)16-18-34/h7-10,20,23-25H,6,11-19H2,1-5H3,(H,31,35)(H,32,36)/t20-,23-,24+,25?,29+/m0/s1. The van der Waals surface area contributed by atoms with Gasteiger partial charge in [0, 0.05) is 44.3 Å². The molecule has 36 heavy (non-hydrogen) atoms. The zero-order chi connectivity index (χ0) is 26.1. The predicted molar refractivity (Wildman–Crippen MR) is 141 cm³/mol. The van der Waals surface area contributed by atoms with Crippen LogP contribution >= 0.6 is 0 Å². The van der Waals surface area contributed by atoms with E-state index in [9.17, 15) is 14.0 Å². The maximum atomic E-state index is 13.2. The maximum absolute atomic E-state index is 13.2. The lowest BCUT2D eigenvalue weighted by Gasteiger charge is -2.61. The average Bonchev–Trinajstić information content (AvgIpc) is 2.82. The van der Waals surface area contributed by atoms with Crippen LogP contribution in [0.3, 0.4) is 0 Å². The Balaban J connectivity index is 1.47.